The smallest absolute Gasteiger partial charge is 0.255 e. The van der Waals surface area contributed by atoms with E-state index in [4.69, 9.17) is 14.3 Å². The lowest BCUT2D eigenvalue weighted by Crippen LogP contribution is -2.18. The summed E-state index contributed by atoms with van der Waals surface area (Å²) in [6, 6.07) is 19.9. The molecule has 3 aromatic carbocycles. The minimum Gasteiger partial charge on any atom is -0.494 e. The molecule has 4 rings (SSSR count). The van der Waals surface area contributed by atoms with Gasteiger partial charge in [-0.3, -0.25) is 4.84 Å². The molecule has 0 N–H and O–H groups in total. The van der Waals surface area contributed by atoms with Crippen molar-refractivity contribution in [2.45, 2.75) is 13.2 Å². The van der Waals surface area contributed by atoms with E-state index in [0.29, 0.717) is 29.6 Å². The summed E-state index contributed by atoms with van der Waals surface area (Å²) in [7, 11) is 3.13. The number of aromatic nitrogens is 2. The van der Waals surface area contributed by atoms with Crippen LogP contribution >= 0.6 is 0 Å². The molecule has 6 nitrogen and oxygen atoms in total. The van der Waals surface area contributed by atoms with Gasteiger partial charge < -0.3 is 9.47 Å². The van der Waals surface area contributed by atoms with Crippen molar-refractivity contribution in [1.82, 2.24) is 9.97 Å². The molecule has 0 fully saturated rings. The molecule has 158 valence electrons. The number of hydrogen-bond donors (Lipinski definition) is 0. The average molecular weight is 419 g/mol. The van der Waals surface area contributed by atoms with Gasteiger partial charge >= 0.3 is 0 Å². The van der Waals surface area contributed by atoms with E-state index in [-0.39, 0.29) is 12.4 Å². The zero-order valence-electron chi connectivity index (χ0n) is 17.3. The molecule has 0 aliphatic carbocycles. The molecule has 7 heteroatoms. The second-order valence-electron chi connectivity index (χ2n) is 6.80. The fourth-order valence-corrected chi connectivity index (χ4v) is 3.22. The van der Waals surface area contributed by atoms with Crippen molar-refractivity contribution in [3.63, 3.8) is 0 Å². The van der Waals surface area contributed by atoms with E-state index in [1.54, 1.807) is 38.6 Å². The molecule has 1 heterocycles. The van der Waals surface area contributed by atoms with Crippen LogP contribution in [0.4, 0.5) is 16.0 Å². The summed E-state index contributed by atoms with van der Waals surface area (Å²) >= 11 is 0. The van der Waals surface area contributed by atoms with Gasteiger partial charge in [-0.15, -0.1) is 0 Å². The summed E-state index contributed by atoms with van der Waals surface area (Å²) in [5.74, 6) is 0.690. The van der Waals surface area contributed by atoms with Crippen LogP contribution in [0.1, 0.15) is 11.1 Å². The Kier molecular flexibility index (Phi) is 6.35. The van der Waals surface area contributed by atoms with Crippen LogP contribution < -0.4 is 9.80 Å². The molecule has 0 spiro atoms. The quantitative estimate of drug-likeness (QED) is 0.366. The SMILES string of the molecule is COc1cc(COCc2ccccc2F)ccc1N(OC)c1ncc2ccccc2n1. The van der Waals surface area contributed by atoms with Gasteiger partial charge in [0.05, 0.1) is 33.0 Å². The highest BCUT2D eigenvalue weighted by atomic mass is 19.1. The Labute approximate surface area is 179 Å². The maximum absolute atomic E-state index is 13.7. The van der Waals surface area contributed by atoms with E-state index < -0.39 is 0 Å². The van der Waals surface area contributed by atoms with Crippen LogP contribution in [0.25, 0.3) is 10.9 Å². The lowest BCUT2D eigenvalue weighted by atomic mass is 10.2. The van der Waals surface area contributed by atoms with Crippen molar-refractivity contribution in [1.29, 1.82) is 0 Å². The molecule has 0 amide bonds. The molecule has 31 heavy (non-hydrogen) atoms. The number of fused-ring (bicyclic) bond motifs is 1. The van der Waals surface area contributed by atoms with Gasteiger partial charge in [-0.1, -0.05) is 42.5 Å². The second kappa shape index (κ2) is 9.51. The van der Waals surface area contributed by atoms with Crippen LogP contribution in [0, 0.1) is 5.82 Å². The Morgan fingerprint density at radius 1 is 0.935 bits per heavy atom. The molecule has 4 aromatic rings. The zero-order chi connectivity index (χ0) is 21.6. The molecule has 0 unspecified atom stereocenters. The van der Waals surface area contributed by atoms with Gasteiger partial charge in [0.25, 0.3) is 5.95 Å². The molecule has 0 bridgehead atoms. The van der Waals surface area contributed by atoms with Crippen LogP contribution in [0.2, 0.25) is 0 Å². The summed E-state index contributed by atoms with van der Waals surface area (Å²) in [4.78, 5) is 14.6. The monoisotopic (exact) mass is 419 g/mol. The fourth-order valence-electron chi connectivity index (χ4n) is 3.22. The molecule has 0 aliphatic rings. The third-order valence-corrected chi connectivity index (χ3v) is 4.79. The van der Waals surface area contributed by atoms with E-state index in [2.05, 4.69) is 9.97 Å². The molecular formula is C24H22FN3O3. The standard InChI is InChI=1S/C24H22FN3O3/c1-29-23-13-17(15-31-16-19-8-3-5-9-20(19)25)11-12-22(23)28(30-2)24-26-14-18-7-4-6-10-21(18)27-24/h3-14H,15-16H2,1-2H3. The predicted molar refractivity (Wildman–Crippen MR) is 117 cm³/mol. The number of anilines is 2. The number of nitrogens with zero attached hydrogens (tertiary/aromatic N) is 3. The van der Waals surface area contributed by atoms with Crippen LogP contribution in [-0.2, 0) is 22.8 Å². The lowest BCUT2D eigenvalue weighted by Gasteiger charge is -2.22. The van der Waals surface area contributed by atoms with Crippen molar-refractivity contribution in [3.8, 4) is 5.75 Å². The Hall–Kier alpha value is -3.55. The molecule has 0 saturated heterocycles. The number of hydrogen-bond acceptors (Lipinski definition) is 6. The van der Waals surface area contributed by atoms with Gasteiger partial charge in [-0.2, -0.15) is 5.06 Å². The van der Waals surface area contributed by atoms with E-state index >= 15 is 0 Å². The highest BCUT2D eigenvalue weighted by Crippen LogP contribution is 2.33. The minimum absolute atomic E-state index is 0.186. The topological polar surface area (TPSA) is 56.7 Å². The first-order valence-electron chi connectivity index (χ1n) is 9.73. The number of ether oxygens (including phenoxy) is 2. The van der Waals surface area contributed by atoms with E-state index in [9.17, 15) is 4.39 Å². The third kappa shape index (κ3) is 4.63. The summed E-state index contributed by atoms with van der Waals surface area (Å²) in [5, 5.41) is 2.45. The normalized spacial score (nSPS) is 10.9. The van der Waals surface area contributed by atoms with Crippen molar-refractivity contribution >= 4 is 22.5 Å². The van der Waals surface area contributed by atoms with Crippen LogP contribution in [0.3, 0.4) is 0 Å². The summed E-state index contributed by atoms with van der Waals surface area (Å²) in [6.07, 6.45) is 1.75. The van der Waals surface area contributed by atoms with Gasteiger partial charge in [0.15, 0.2) is 0 Å². The van der Waals surface area contributed by atoms with E-state index in [1.807, 2.05) is 42.5 Å². The largest absolute Gasteiger partial charge is 0.494 e. The van der Waals surface area contributed by atoms with Crippen LogP contribution in [0.5, 0.6) is 5.75 Å². The molecule has 0 atom stereocenters. The predicted octanol–water partition coefficient (Wildman–Crippen LogP) is 5.19. The van der Waals surface area contributed by atoms with Crippen molar-refractivity contribution in [2.75, 3.05) is 19.3 Å². The number of methoxy groups -OCH3 is 1. The average Bonchev–Trinajstić information content (AvgIpc) is 2.81. The van der Waals surface area contributed by atoms with Crippen LogP contribution in [-0.4, -0.2) is 24.2 Å². The van der Waals surface area contributed by atoms with E-state index in [1.165, 1.54) is 11.1 Å². The molecular weight excluding hydrogens is 397 g/mol. The number of halogens is 1. The Balaban J connectivity index is 1.53. The molecule has 1 aromatic heterocycles. The second-order valence-corrected chi connectivity index (χ2v) is 6.80. The summed E-state index contributed by atoms with van der Waals surface area (Å²) < 4.78 is 25.0. The van der Waals surface area contributed by atoms with Crippen molar-refractivity contribution in [2.24, 2.45) is 0 Å². The zero-order valence-corrected chi connectivity index (χ0v) is 17.3. The third-order valence-electron chi connectivity index (χ3n) is 4.79. The molecule has 0 radical (unpaired) electrons. The Morgan fingerprint density at radius 2 is 1.74 bits per heavy atom. The highest BCUT2D eigenvalue weighted by molar-refractivity contribution is 5.79. The highest BCUT2D eigenvalue weighted by Gasteiger charge is 2.18. The first kappa shape index (κ1) is 20.7. The number of rotatable bonds is 8. The van der Waals surface area contributed by atoms with Gasteiger partial charge in [0, 0.05) is 17.1 Å². The maximum atomic E-state index is 13.7. The van der Waals surface area contributed by atoms with Crippen molar-refractivity contribution in [3.05, 3.63) is 89.9 Å². The van der Waals surface area contributed by atoms with Crippen molar-refractivity contribution < 1.29 is 18.7 Å². The maximum Gasteiger partial charge on any atom is 0.255 e. The van der Waals surface area contributed by atoms with Gasteiger partial charge in [0.1, 0.15) is 17.3 Å². The Morgan fingerprint density at radius 3 is 2.55 bits per heavy atom. The fraction of sp³-hybridized carbons (Fsp3) is 0.167. The van der Waals surface area contributed by atoms with Gasteiger partial charge in [-0.05, 0) is 29.8 Å². The number of para-hydroxylation sites is 1. The number of benzene rings is 3. The van der Waals surface area contributed by atoms with E-state index in [0.717, 1.165) is 16.5 Å². The summed E-state index contributed by atoms with van der Waals surface area (Å²) in [5.41, 5.74) is 2.86. The van der Waals surface area contributed by atoms with Gasteiger partial charge in [0.2, 0.25) is 0 Å². The van der Waals surface area contributed by atoms with Crippen LogP contribution in [0.15, 0.2) is 72.9 Å². The summed E-state index contributed by atoms with van der Waals surface area (Å²) in [6.45, 7) is 0.496. The molecule has 0 saturated carbocycles. The lowest BCUT2D eigenvalue weighted by molar-refractivity contribution is 0.104. The molecule has 0 aliphatic heterocycles. The minimum atomic E-state index is -0.276. The first-order valence-corrected chi connectivity index (χ1v) is 9.73. The first-order chi connectivity index (χ1) is 15.2. The van der Waals surface area contributed by atoms with Gasteiger partial charge in [-0.25, -0.2) is 14.4 Å². The Bertz CT molecular complexity index is 1190.